The van der Waals surface area contributed by atoms with Crippen molar-refractivity contribution in [1.29, 1.82) is 0 Å². The Balaban J connectivity index is 1.50. The second kappa shape index (κ2) is 14.0. The zero-order valence-corrected chi connectivity index (χ0v) is 27.4. The molecule has 2 aliphatic heterocycles. The fourth-order valence-corrected chi connectivity index (χ4v) is 6.32. The molecule has 244 valence electrons. The molecule has 0 radical (unpaired) electrons. The van der Waals surface area contributed by atoms with E-state index in [9.17, 15) is 19.2 Å². The molecule has 1 spiro atoms. The van der Waals surface area contributed by atoms with Crippen LogP contribution in [0.25, 0.3) is 0 Å². The molecule has 2 saturated heterocycles. The fourth-order valence-electron chi connectivity index (χ4n) is 6.32. The van der Waals surface area contributed by atoms with Gasteiger partial charge in [-0.25, -0.2) is 4.79 Å². The van der Waals surface area contributed by atoms with E-state index in [1.165, 1.54) is 13.8 Å². The highest BCUT2D eigenvalue weighted by Gasteiger charge is 2.53. The Bertz CT molecular complexity index is 1340. The zero-order chi connectivity index (χ0) is 32.8. The van der Waals surface area contributed by atoms with Crippen LogP contribution in [0.4, 0.5) is 4.79 Å². The summed E-state index contributed by atoms with van der Waals surface area (Å²) in [5.74, 6) is -0.753. The molecule has 4 rings (SSSR count). The lowest BCUT2D eigenvalue weighted by Gasteiger charge is -2.33. The molecule has 0 aliphatic carbocycles. The van der Waals surface area contributed by atoms with Crippen LogP contribution in [0.15, 0.2) is 60.7 Å². The van der Waals surface area contributed by atoms with Crippen molar-refractivity contribution in [2.75, 3.05) is 33.3 Å². The number of hydrogen-bond donors (Lipinski definition) is 2. The van der Waals surface area contributed by atoms with Crippen LogP contribution in [-0.2, 0) is 30.5 Å². The van der Waals surface area contributed by atoms with Crippen molar-refractivity contribution in [3.63, 3.8) is 0 Å². The van der Waals surface area contributed by atoms with Crippen molar-refractivity contribution in [2.24, 2.45) is 5.41 Å². The summed E-state index contributed by atoms with van der Waals surface area (Å²) in [6, 6.07) is 18.7. The van der Waals surface area contributed by atoms with Gasteiger partial charge in [-0.3, -0.25) is 14.4 Å². The van der Waals surface area contributed by atoms with Gasteiger partial charge in [0.2, 0.25) is 11.8 Å². The SMILES string of the molecule is CN1C[C@H](c2ccccc2)[C@]2(CCCN(C(=O)[C@@H](COCc3ccccc3)NC(=O)C(C)(C)OC(=O)NC(C)(C)C)CC2)C1=O. The lowest BCUT2D eigenvalue weighted by Crippen LogP contribution is -2.57. The van der Waals surface area contributed by atoms with Crippen LogP contribution in [0, 0.1) is 5.41 Å². The Labute approximate surface area is 266 Å². The van der Waals surface area contributed by atoms with Crippen LogP contribution < -0.4 is 10.6 Å². The van der Waals surface area contributed by atoms with Crippen LogP contribution in [0.2, 0.25) is 0 Å². The molecule has 0 aromatic heterocycles. The van der Waals surface area contributed by atoms with Crippen molar-refractivity contribution >= 4 is 23.8 Å². The molecular formula is C35H48N4O6. The maximum Gasteiger partial charge on any atom is 0.408 e. The number of carbonyl (C=O) groups is 4. The lowest BCUT2D eigenvalue weighted by molar-refractivity contribution is -0.144. The number of amides is 4. The number of nitrogens with one attached hydrogen (secondary N) is 2. The molecule has 45 heavy (non-hydrogen) atoms. The Morgan fingerprint density at radius 2 is 1.60 bits per heavy atom. The highest BCUT2D eigenvalue weighted by Crippen LogP contribution is 2.50. The van der Waals surface area contributed by atoms with Gasteiger partial charge in [0, 0.05) is 38.1 Å². The van der Waals surface area contributed by atoms with Gasteiger partial charge in [-0.15, -0.1) is 0 Å². The Kier molecular flexibility index (Phi) is 10.6. The molecule has 4 amide bonds. The van der Waals surface area contributed by atoms with E-state index < -0.39 is 34.6 Å². The van der Waals surface area contributed by atoms with E-state index in [1.54, 1.807) is 4.90 Å². The standard InChI is InChI=1S/C35H48N4O6/c1-33(2,3)37-32(43)45-34(4,5)30(41)36-28(24-44-23-25-14-9-7-10-15-25)29(40)39-20-13-18-35(19-21-39)27(22-38(6)31(35)42)26-16-11-8-12-17-26/h7-12,14-17,27-28H,13,18-24H2,1-6H3,(H,36,41)(H,37,43)/t27-,28-,35-/m1/s1. The summed E-state index contributed by atoms with van der Waals surface area (Å²) in [4.78, 5) is 57.2. The van der Waals surface area contributed by atoms with Gasteiger partial charge in [0.15, 0.2) is 5.60 Å². The van der Waals surface area contributed by atoms with E-state index in [0.29, 0.717) is 38.9 Å². The highest BCUT2D eigenvalue weighted by atomic mass is 16.6. The summed E-state index contributed by atoms with van der Waals surface area (Å²) < 4.78 is 11.4. The zero-order valence-electron chi connectivity index (χ0n) is 27.4. The minimum atomic E-state index is -1.56. The largest absolute Gasteiger partial charge is 0.433 e. The van der Waals surface area contributed by atoms with Gasteiger partial charge in [0.25, 0.3) is 5.91 Å². The molecule has 2 N–H and O–H groups in total. The normalized spacial score (nSPS) is 21.3. The smallest absolute Gasteiger partial charge is 0.408 e. The number of likely N-dealkylation sites (N-methyl/N-ethyl adjacent to an activating group) is 1. The molecule has 2 fully saturated rings. The first kappa shape index (κ1) is 34.0. The summed E-state index contributed by atoms with van der Waals surface area (Å²) in [7, 11) is 1.85. The molecular weight excluding hydrogens is 572 g/mol. The molecule has 10 nitrogen and oxygen atoms in total. The van der Waals surface area contributed by atoms with Gasteiger partial charge in [0.1, 0.15) is 6.04 Å². The minimum Gasteiger partial charge on any atom is -0.433 e. The van der Waals surface area contributed by atoms with E-state index in [0.717, 1.165) is 11.1 Å². The number of benzene rings is 2. The van der Waals surface area contributed by atoms with E-state index in [1.807, 2.05) is 81.2 Å². The first-order valence-electron chi connectivity index (χ1n) is 15.7. The van der Waals surface area contributed by atoms with Crippen LogP contribution >= 0.6 is 0 Å². The molecule has 0 unspecified atom stereocenters. The van der Waals surface area contributed by atoms with E-state index in [2.05, 4.69) is 22.8 Å². The van der Waals surface area contributed by atoms with Crippen molar-refractivity contribution < 1.29 is 28.7 Å². The Hall–Kier alpha value is -3.92. The average Bonchev–Trinajstić information content (AvgIpc) is 3.11. The van der Waals surface area contributed by atoms with E-state index in [4.69, 9.17) is 9.47 Å². The highest BCUT2D eigenvalue weighted by molar-refractivity contribution is 5.92. The molecule has 0 saturated carbocycles. The van der Waals surface area contributed by atoms with Gasteiger partial charge in [-0.1, -0.05) is 60.7 Å². The fraction of sp³-hybridized carbons (Fsp3) is 0.543. The molecule has 2 aromatic carbocycles. The third kappa shape index (κ3) is 8.42. The van der Waals surface area contributed by atoms with Crippen LogP contribution in [0.1, 0.15) is 70.9 Å². The van der Waals surface area contributed by atoms with Crippen molar-refractivity contribution in [3.05, 3.63) is 71.8 Å². The van der Waals surface area contributed by atoms with Crippen LogP contribution in [-0.4, -0.2) is 84.1 Å². The first-order chi connectivity index (χ1) is 21.2. The first-order valence-corrected chi connectivity index (χ1v) is 15.7. The number of nitrogens with zero attached hydrogens (tertiary/aromatic N) is 2. The summed E-state index contributed by atoms with van der Waals surface area (Å²) in [6.07, 6.45) is 1.11. The Morgan fingerprint density at radius 1 is 0.956 bits per heavy atom. The van der Waals surface area contributed by atoms with Gasteiger partial charge < -0.3 is 29.9 Å². The number of likely N-dealkylation sites (tertiary alicyclic amines) is 2. The third-order valence-corrected chi connectivity index (χ3v) is 8.66. The van der Waals surface area contributed by atoms with E-state index >= 15 is 0 Å². The number of hydrogen-bond acceptors (Lipinski definition) is 6. The van der Waals surface area contributed by atoms with Crippen molar-refractivity contribution in [3.8, 4) is 0 Å². The van der Waals surface area contributed by atoms with Gasteiger partial charge >= 0.3 is 6.09 Å². The molecule has 0 bridgehead atoms. The molecule has 2 heterocycles. The second-order valence-corrected chi connectivity index (χ2v) is 13.8. The van der Waals surface area contributed by atoms with Gasteiger partial charge in [-0.05, 0) is 65.0 Å². The molecule has 2 aromatic rings. The van der Waals surface area contributed by atoms with Crippen molar-refractivity contribution in [2.45, 2.75) is 83.6 Å². The average molecular weight is 621 g/mol. The summed E-state index contributed by atoms with van der Waals surface area (Å²) >= 11 is 0. The Morgan fingerprint density at radius 3 is 2.24 bits per heavy atom. The molecule has 10 heteroatoms. The van der Waals surface area contributed by atoms with Crippen LogP contribution in [0.3, 0.4) is 0 Å². The van der Waals surface area contributed by atoms with Crippen LogP contribution in [0.5, 0.6) is 0 Å². The summed E-state index contributed by atoms with van der Waals surface area (Å²) in [5.41, 5.74) is -0.631. The minimum absolute atomic E-state index is 0.0353. The molecule has 3 atom stereocenters. The van der Waals surface area contributed by atoms with Gasteiger partial charge in [-0.2, -0.15) is 0 Å². The quantitative estimate of drug-likeness (QED) is 0.433. The monoisotopic (exact) mass is 620 g/mol. The number of ether oxygens (including phenoxy) is 2. The molecule has 2 aliphatic rings. The summed E-state index contributed by atoms with van der Waals surface area (Å²) in [6.45, 7) is 10.1. The lowest BCUT2D eigenvalue weighted by atomic mass is 9.69. The maximum absolute atomic E-state index is 14.1. The third-order valence-electron chi connectivity index (χ3n) is 8.66. The predicted octanol–water partition coefficient (Wildman–Crippen LogP) is 4.25. The van der Waals surface area contributed by atoms with E-state index in [-0.39, 0.29) is 30.9 Å². The van der Waals surface area contributed by atoms with Crippen molar-refractivity contribution in [1.82, 2.24) is 20.4 Å². The maximum atomic E-state index is 14.1. The number of carbonyl (C=O) groups excluding carboxylic acids is 4. The number of rotatable bonds is 9. The topological polar surface area (TPSA) is 117 Å². The summed E-state index contributed by atoms with van der Waals surface area (Å²) in [5, 5.41) is 5.50. The number of alkyl carbamates (subject to hydrolysis) is 1. The van der Waals surface area contributed by atoms with Gasteiger partial charge in [0.05, 0.1) is 18.6 Å². The second-order valence-electron chi connectivity index (χ2n) is 13.8. The predicted molar refractivity (Wildman–Crippen MR) is 171 cm³/mol.